The van der Waals surface area contributed by atoms with Crippen molar-refractivity contribution in [3.05, 3.63) is 35.7 Å². The van der Waals surface area contributed by atoms with E-state index >= 15 is 0 Å². The molecule has 0 saturated carbocycles. The van der Waals surface area contributed by atoms with Gasteiger partial charge in [-0.15, -0.1) is 0 Å². The molecular weight excluding hydrogens is 360 g/mol. The summed E-state index contributed by atoms with van der Waals surface area (Å²) >= 11 is 1.44. The first-order valence-corrected chi connectivity index (χ1v) is 10.4. The number of hydrogen-bond acceptors (Lipinski definition) is 6. The van der Waals surface area contributed by atoms with Crippen molar-refractivity contribution < 1.29 is 9.53 Å². The monoisotopic (exact) mass is 388 g/mol. The minimum atomic E-state index is 0.111. The van der Waals surface area contributed by atoms with Crippen molar-refractivity contribution in [2.24, 2.45) is 5.92 Å². The van der Waals surface area contributed by atoms with Crippen LogP contribution in [0, 0.1) is 5.92 Å². The number of rotatable bonds is 7. The summed E-state index contributed by atoms with van der Waals surface area (Å²) in [6.45, 7) is 5.85. The molecule has 0 unspecified atom stereocenters. The number of aromatic nitrogens is 2. The normalized spacial score (nSPS) is 16.2. The van der Waals surface area contributed by atoms with Gasteiger partial charge in [-0.2, -0.15) is 4.37 Å². The summed E-state index contributed by atoms with van der Waals surface area (Å²) in [7, 11) is 1.67. The van der Waals surface area contributed by atoms with Crippen LogP contribution in [0.15, 0.2) is 24.3 Å². The quantitative estimate of drug-likeness (QED) is 0.788. The summed E-state index contributed by atoms with van der Waals surface area (Å²) in [5, 5.41) is 4.05. The van der Waals surface area contributed by atoms with Crippen molar-refractivity contribution in [2.45, 2.75) is 45.6 Å². The van der Waals surface area contributed by atoms with Gasteiger partial charge < -0.3 is 15.0 Å². The Morgan fingerprint density at radius 3 is 2.89 bits per heavy atom. The number of carbonyl (C=O) groups is 1. The lowest BCUT2D eigenvalue weighted by Gasteiger charge is -2.31. The number of amides is 1. The van der Waals surface area contributed by atoms with E-state index in [9.17, 15) is 4.79 Å². The summed E-state index contributed by atoms with van der Waals surface area (Å²) in [5.74, 6) is 1.99. The lowest BCUT2D eigenvalue weighted by molar-refractivity contribution is -0.126. The zero-order valence-electron chi connectivity index (χ0n) is 16.3. The second-order valence-corrected chi connectivity index (χ2v) is 7.83. The molecule has 3 rings (SSSR count). The van der Waals surface area contributed by atoms with Crippen LogP contribution in [0.3, 0.4) is 0 Å². The molecule has 0 bridgehead atoms. The molecule has 0 spiro atoms. The maximum absolute atomic E-state index is 12.3. The van der Waals surface area contributed by atoms with E-state index in [1.807, 2.05) is 18.2 Å². The molecule has 1 N–H and O–H groups in total. The van der Waals surface area contributed by atoms with E-state index in [0.717, 1.165) is 54.6 Å². The van der Waals surface area contributed by atoms with Crippen molar-refractivity contribution in [3.8, 4) is 5.75 Å². The fourth-order valence-electron chi connectivity index (χ4n) is 3.21. The van der Waals surface area contributed by atoms with Crippen LogP contribution in [0.25, 0.3) is 0 Å². The molecule has 0 radical (unpaired) electrons. The highest BCUT2D eigenvalue weighted by atomic mass is 32.1. The predicted octanol–water partition coefficient (Wildman–Crippen LogP) is 3.27. The van der Waals surface area contributed by atoms with Crippen LogP contribution in [-0.2, 0) is 11.2 Å². The number of benzene rings is 1. The Bertz CT molecular complexity index is 756. The Balaban J connectivity index is 1.54. The van der Waals surface area contributed by atoms with Crippen molar-refractivity contribution in [2.75, 3.05) is 25.1 Å². The van der Waals surface area contributed by atoms with Crippen molar-refractivity contribution >= 4 is 22.6 Å². The fraction of sp³-hybridized carbons (Fsp3) is 0.550. The molecule has 1 saturated heterocycles. The molecule has 1 aliphatic heterocycles. The summed E-state index contributed by atoms with van der Waals surface area (Å²) in [5.41, 5.74) is 1.14. The molecule has 1 aromatic heterocycles. The van der Waals surface area contributed by atoms with Crippen LogP contribution in [0.1, 0.15) is 44.5 Å². The van der Waals surface area contributed by atoms with Crippen molar-refractivity contribution in [1.29, 1.82) is 0 Å². The molecule has 1 fully saturated rings. The lowest BCUT2D eigenvalue weighted by atomic mass is 9.96. The van der Waals surface area contributed by atoms with Gasteiger partial charge in [0.05, 0.1) is 7.11 Å². The van der Waals surface area contributed by atoms with Crippen LogP contribution in [0.4, 0.5) is 5.13 Å². The Hall–Kier alpha value is -2.15. The highest BCUT2D eigenvalue weighted by molar-refractivity contribution is 7.09. The third-order valence-electron chi connectivity index (χ3n) is 5.09. The molecule has 7 heteroatoms. The Morgan fingerprint density at radius 2 is 2.19 bits per heavy atom. The minimum absolute atomic E-state index is 0.111. The van der Waals surface area contributed by atoms with Gasteiger partial charge in [-0.25, -0.2) is 4.98 Å². The fourth-order valence-corrected chi connectivity index (χ4v) is 3.94. The number of methoxy groups -OCH3 is 1. The molecule has 6 nitrogen and oxygen atoms in total. The van der Waals surface area contributed by atoms with Gasteiger partial charge in [-0.3, -0.25) is 4.79 Å². The average Bonchev–Trinajstić information content (AvgIpc) is 3.16. The van der Waals surface area contributed by atoms with Gasteiger partial charge in [0.25, 0.3) is 0 Å². The molecule has 1 aliphatic rings. The number of ether oxygens (including phenoxy) is 1. The maximum atomic E-state index is 12.3. The predicted molar refractivity (Wildman–Crippen MR) is 109 cm³/mol. The highest BCUT2D eigenvalue weighted by Gasteiger charge is 2.27. The van der Waals surface area contributed by atoms with Gasteiger partial charge in [-0.05, 0) is 43.9 Å². The summed E-state index contributed by atoms with van der Waals surface area (Å²) in [6.07, 6.45) is 3.40. The molecule has 1 atom stereocenters. The van der Waals surface area contributed by atoms with Gasteiger partial charge in [0.2, 0.25) is 11.0 Å². The van der Waals surface area contributed by atoms with Crippen LogP contribution < -0.4 is 15.0 Å². The SMILES string of the molecule is CC[C@@H](C)NC(=O)C1CCN(c2nc(Cc3cccc(OC)c3)ns2)CC1. The van der Waals surface area contributed by atoms with Crippen LogP contribution in [0.2, 0.25) is 0 Å². The molecule has 2 aromatic rings. The van der Waals surface area contributed by atoms with Crippen molar-refractivity contribution in [3.63, 3.8) is 0 Å². The second kappa shape index (κ2) is 9.17. The van der Waals surface area contributed by atoms with E-state index in [4.69, 9.17) is 9.72 Å². The second-order valence-electron chi connectivity index (χ2n) is 7.10. The Kier molecular flexibility index (Phi) is 6.66. The first-order valence-electron chi connectivity index (χ1n) is 9.60. The van der Waals surface area contributed by atoms with Gasteiger partial charge in [0.15, 0.2) is 0 Å². The molecule has 1 aromatic carbocycles. The first-order chi connectivity index (χ1) is 13.1. The molecule has 0 aliphatic carbocycles. The standard InChI is InChI=1S/C20H28N4O2S/c1-4-14(2)21-19(25)16-8-10-24(11-9-16)20-22-18(23-27-20)13-15-6-5-7-17(12-15)26-3/h5-7,12,14,16H,4,8-11,13H2,1-3H3,(H,21,25)/t14-/m1/s1. The van der Waals surface area contributed by atoms with Crippen molar-refractivity contribution in [1.82, 2.24) is 14.7 Å². The summed E-state index contributed by atoms with van der Waals surface area (Å²) in [4.78, 5) is 19.3. The molecular formula is C20H28N4O2S. The number of nitrogens with zero attached hydrogens (tertiary/aromatic N) is 3. The minimum Gasteiger partial charge on any atom is -0.497 e. The third kappa shape index (κ3) is 5.19. The van der Waals surface area contributed by atoms with E-state index in [1.165, 1.54) is 11.5 Å². The smallest absolute Gasteiger partial charge is 0.223 e. The molecule has 2 heterocycles. The van der Waals surface area contributed by atoms with Crippen LogP contribution >= 0.6 is 11.5 Å². The van der Waals surface area contributed by atoms with E-state index < -0.39 is 0 Å². The largest absolute Gasteiger partial charge is 0.497 e. The highest BCUT2D eigenvalue weighted by Crippen LogP contribution is 2.26. The Morgan fingerprint density at radius 1 is 1.41 bits per heavy atom. The van der Waals surface area contributed by atoms with E-state index in [-0.39, 0.29) is 17.9 Å². The summed E-state index contributed by atoms with van der Waals surface area (Å²) in [6, 6.07) is 8.24. The molecule has 146 valence electrons. The molecule has 27 heavy (non-hydrogen) atoms. The van der Waals surface area contributed by atoms with Crippen LogP contribution in [-0.4, -0.2) is 41.5 Å². The number of carbonyl (C=O) groups excluding carboxylic acids is 1. The zero-order valence-corrected chi connectivity index (χ0v) is 17.1. The van der Waals surface area contributed by atoms with E-state index in [0.29, 0.717) is 6.42 Å². The first kappa shape index (κ1) is 19.6. The van der Waals surface area contributed by atoms with Crippen LogP contribution in [0.5, 0.6) is 5.75 Å². The number of piperidine rings is 1. The van der Waals surface area contributed by atoms with Gasteiger partial charge in [0, 0.05) is 43.0 Å². The molecule has 1 amide bonds. The Labute approximate surface area is 165 Å². The lowest BCUT2D eigenvalue weighted by Crippen LogP contribution is -2.43. The number of nitrogens with one attached hydrogen (secondary N) is 1. The third-order valence-corrected chi connectivity index (χ3v) is 5.91. The summed E-state index contributed by atoms with van der Waals surface area (Å²) < 4.78 is 9.79. The number of anilines is 1. The zero-order chi connectivity index (χ0) is 19.2. The number of hydrogen-bond donors (Lipinski definition) is 1. The average molecular weight is 389 g/mol. The maximum Gasteiger partial charge on any atom is 0.223 e. The van der Waals surface area contributed by atoms with E-state index in [2.05, 4.69) is 34.5 Å². The van der Waals surface area contributed by atoms with E-state index in [1.54, 1.807) is 7.11 Å². The van der Waals surface area contributed by atoms with Gasteiger partial charge >= 0.3 is 0 Å². The topological polar surface area (TPSA) is 67.4 Å². The van der Waals surface area contributed by atoms with Gasteiger partial charge in [0.1, 0.15) is 11.6 Å². The van der Waals surface area contributed by atoms with Gasteiger partial charge in [-0.1, -0.05) is 19.1 Å².